The van der Waals surface area contributed by atoms with Crippen LogP contribution in [0.4, 0.5) is 4.39 Å². The number of hydrogen-bond acceptors (Lipinski definition) is 2. The van der Waals surface area contributed by atoms with E-state index >= 15 is 0 Å². The van der Waals surface area contributed by atoms with Gasteiger partial charge >= 0.3 is 0 Å². The third kappa shape index (κ3) is 3.44. The second-order valence-electron chi connectivity index (χ2n) is 5.13. The molecule has 1 N–H and O–H groups in total. The highest BCUT2D eigenvalue weighted by Gasteiger charge is 2.19. The van der Waals surface area contributed by atoms with Crippen LogP contribution in [0.2, 0.25) is 5.02 Å². The molecule has 1 aromatic carbocycles. The Labute approximate surface area is 113 Å². The Morgan fingerprint density at radius 1 is 1.39 bits per heavy atom. The molecule has 1 atom stereocenters. The maximum absolute atomic E-state index is 13.0. The van der Waals surface area contributed by atoms with Crippen LogP contribution in [0.5, 0.6) is 0 Å². The molecule has 2 nitrogen and oxygen atoms in total. The summed E-state index contributed by atoms with van der Waals surface area (Å²) in [5.41, 5.74) is 0.969. The molecule has 0 bridgehead atoms. The molecule has 18 heavy (non-hydrogen) atoms. The fourth-order valence-electron chi connectivity index (χ4n) is 2.47. The molecule has 0 amide bonds. The molecule has 1 saturated heterocycles. The Balaban J connectivity index is 1.97. The standard InChI is InChI=1S/C14H20ClFN2/c1-10(13-4-3-11(16)9-14(13)15)17-12-5-7-18(2)8-6-12/h3-4,9-10,12,17H,5-8H2,1-2H3. The number of hydrogen-bond donors (Lipinski definition) is 1. The van der Waals surface area contributed by atoms with Crippen LogP contribution in [-0.2, 0) is 0 Å². The molecular formula is C14H20ClFN2. The highest BCUT2D eigenvalue weighted by Crippen LogP contribution is 2.25. The van der Waals surface area contributed by atoms with E-state index in [-0.39, 0.29) is 11.9 Å². The van der Waals surface area contributed by atoms with Crippen LogP contribution in [0.25, 0.3) is 0 Å². The smallest absolute Gasteiger partial charge is 0.124 e. The zero-order chi connectivity index (χ0) is 13.1. The SMILES string of the molecule is CC(NC1CCN(C)CC1)c1ccc(F)cc1Cl. The molecular weight excluding hydrogens is 251 g/mol. The van der Waals surface area contributed by atoms with Crippen molar-refractivity contribution in [2.45, 2.75) is 31.8 Å². The molecule has 1 aliphatic rings. The molecule has 1 aliphatic heterocycles. The van der Waals surface area contributed by atoms with Gasteiger partial charge in [0.15, 0.2) is 0 Å². The van der Waals surface area contributed by atoms with Crippen molar-refractivity contribution in [2.24, 2.45) is 0 Å². The van der Waals surface area contributed by atoms with Gasteiger partial charge in [0.25, 0.3) is 0 Å². The third-order valence-corrected chi connectivity index (χ3v) is 3.96. The van der Waals surface area contributed by atoms with Crippen LogP contribution in [0.1, 0.15) is 31.4 Å². The van der Waals surface area contributed by atoms with Crippen molar-refractivity contribution >= 4 is 11.6 Å². The summed E-state index contributed by atoms with van der Waals surface area (Å²) < 4.78 is 13.0. The van der Waals surface area contributed by atoms with Gasteiger partial charge in [-0.05, 0) is 57.6 Å². The van der Waals surface area contributed by atoms with Crippen LogP contribution >= 0.6 is 11.6 Å². The zero-order valence-electron chi connectivity index (χ0n) is 10.9. The van der Waals surface area contributed by atoms with Gasteiger partial charge in [-0.15, -0.1) is 0 Å². The predicted octanol–water partition coefficient (Wildman–Crippen LogP) is 3.22. The quantitative estimate of drug-likeness (QED) is 0.907. The molecule has 0 aliphatic carbocycles. The Hall–Kier alpha value is -0.640. The number of likely N-dealkylation sites (tertiary alicyclic amines) is 1. The molecule has 100 valence electrons. The summed E-state index contributed by atoms with van der Waals surface area (Å²) in [4.78, 5) is 2.34. The summed E-state index contributed by atoms with van der Waals surface area (Å²) in [7, 11) is 2.15. The van der Waals surface area contributed by atoms with E-state index in [1.807, 2.05) is 0 Å². The minimum Gasteiger partial charge on any atom is -0.307 e. The Morgan fingerprint density at radius 3 is 2.67 bits per heavy atom. The van der Waals surface area contributed by atoms with Gasteiger partial charge in [0.05, 0.1) is 0 Å². The van der Waals surface area contributed by atoms with Gasteiger partial charge in [0, 0.05) is 17.1 Å². The third-order valence-electron chi connectivity index (χ3n) is 3.63. The van der Waals surface area contributed by atoms with E-state index in [0.717, 1.165) is 31.5 Å². The molecule has 0 saturated carbocycles. The average molecular weight is 271 g/mol. The highest BCUT2D eigenvalue weighted by atomic mass is 35.5. The van der Waals surface area contributed by atoms with Crippen LogP contribution in [0.3, 0.4) is 0 Å². The second kappa shape index (κ2) is 6.00. The monoisotopic (exact) mass is 270 g/mol. The van der Waals surface area contributed by atoms with Crippen LogP contribution < -0.4 is 5.32 Å². The lowest BCUT2D eigenvalue weighted by Crippen LogP contribution is -2.41. The number of halogens is 2. The fourth-order valence-corrected chi connectivity index (χ4v) is 2.80. The second-order valence-corrected chi connectivity index (χ2v) is 5.54. The molecule has 0 radical (unpaired) electrons. The van der Waals surface area contributed by atoms with E-state index in [9.17, 15) is 4.39 Å². The normalized spacial score (nSPS) is 20.0. The summed E-state index contributed by atoms with van der Waals surface area (Å²) in [5.74, 6) is -0.282. The van der Waals surface area contributed by atoms with E-state index in [4.69, 9.17) is 11.6 Å². The van der Waals surface area contributed by atoms with Crippen LogP contribution in [0.15, 0.2) is 18.2 Å². The maximum atomic E-state index is 13.0. The molecule has 1 fully saturated rings. The van der Waals surface area contributed by atoms with Gasteiger partial charge < -0.3 is 10.2 Å². The van der Waals surface area contributed by atoms with Crippen LogP contribution in [0, 0.1) is 5.82 Å². The zero-order valence-corrected chi connectivity index (χ0v) is 11.7. The number of benzene rings is 1. The molecule has 1 unspecified atom stereocenters. The molecule has 0 aromatic heterocycles. The minimum atomic E-state index is -0.282. The lowest BCUT2D eigenvalue weighted by Gasteiger charge is -2.32. The number of piperidine rings is 1. The fraction of sp³-hybridized carbons (Fsp3) is 0.571. The van der Waals surface area contributed by atoms with Gasteiger partial charge in [-0.2, -0.15) is 0 Å². The average Bonchev–Trinajstić information content (AvgIpc) is 2.32. The lowest BCUT2D eigenvalue weighted by atomic mass is 10.0. The van der Waals surface area contributed by atoms with E-state index in [2.05, 4.69) is 24.2 Å². The van der Waals surface area contributed by atoms with E-state index in [1.54, 1.807) is 6.07 Å². The Morgan fingerprint density at radius 2 is 2.06 bits per heavy atom. The maximum Gasteiger partial charge on any atom is 0.124 e. The summed E-state index contributed by atoms with van der Waals surface area (Å²) in [6.45, 7) is 4.33. The van der Waals surface area contributed by atoms with Gasteiger partial charge in [0.1, 0.15) is 5.82 Å². The summed E-state index contributed by atoms with van der Waals surface area (Å²) in [6, 6.07) is 5.30. The Kier molecular flexibility index (Phi) is 4.60. The van der Waals surface area contributed by atoms with E-state index in [0.29, 0.717) is 11.1 Å². The van der Waals surface area contributed by atoms with Crippen molar-refractivity contribution in [3.8, 4) is 0 Å². The van der Waals surface area contributed by atoms with Gasteiger partial charge in [-0.25, -0.2) is 4.39 Å². The van der Waals surface area contributed by atoms with Crippen molar-refractivity contribution < 1.29 is 4.39 Å². The molecule has 0 spiro atoms. The minimum absolute atomic E-state index is 0.159. The topological polar surface area (TPSA) is 15.3 Å². The first-order valence-electron chi connectivity index (χ1n) is 6.46. The van der Waals surface area contributed by atoms with Crippen molar-refractivity contribution in [1.82, 2.24) is 10.2 Å². The first-order chi connectivity index (χ1) is 8.56. The summed E-state index contributed by atoms with van der Waals surface area (Å²) >= 11 is 6.08. The predicted molar refractivity (Wildman–Crippen MR) is 73.5 cm³/mol. The molecule has 4 heteroatoms. The van der Waals surface area contributed by atoms with Crippen molar-refractivity contribution in [3.05, 3.63) is 34.6 Å². The number of nitrogens with one attached hydrogen (secondary N) is 1. The lowest BCUT2D eigenvalue weighted by molar-refractivity contribution is 0.226. The molecule has 1 aromatic rings. The van der Waals surface area contributed by atoms with Crippen molar-refractivity contribution in [1.29, 1.82) is 0 Å². The largest absolute Gasteiger partial charge is 0.307 e. The first-order valence-corrected chi connectivity index (χ1v) is 6.83. The highest BCUT2D eigenvalue weighted by molar-refractivity contribution is 6.31. The summed E-state index contributed by atoms with van der Waals surface area (Å²) in [5, 5.41) is 4.09. The van der Waals surface area contributed by atoms with Gasteiger partial charge in [-0.1, -0.05) is 17.7 Å². The first kappa shape index (κ1) is 13.8. The summed E-state index contributed by atoms with van der Waals surface area (Å²) in [6.07, 6.45) is 2.30. The molecule has 1 heterocycles. The van der Waals surface area contributed by atoms with Crippen molar-refractivity contribution in [2.75, 3.05) is 20.1 Å². The van der Waals surface area contributed by atoms with Gasteiger partial charge in [0.2, 0.25) is 0 Å². The van der Waals surface area contributed by atoms with Gasteiger partial charge in [-0.3, -0.25) is 0 Å². The van der Waals surface area contributed by atoms with Crippen LogP contribution in [-0.4, -0.2) is 31.1 Å². The number of nitrogens with zero attached hydrogens (tertiary/aromatic N) is 1. The number of rotatable bonds is 3. The van der Waals surface area contributed by atoms with Crippen molar-refractivity contribution in [3.63, 3.8) is 0 Å². The Bertz CT molecular complexity index is 403. The van der Waals surface area contributed by atoms with E-state index in [1.165, 1.54) is 12.1 Å². The van der Waals surface area contributed by atoms with E-state index < -0.39 is 0 Å². The molecule has 2 rings (SSSR count).